The molecule has 2 aliphatic rings. The third kappa shape index (κ3) is 2.04. The van der Waals surface area contributed by atoms with Gasteiger partial charge < -0.3 is 5.11 Å². The molecule has 0 aromatic heterocycles. The molecule has 2 amide bonds. The van der Waals surface area contributed by atoms with E-state index in [4.69, 9.17) is 0 Å². The van der Waals surface area contributed by atoms with Crippen LogP contribution in [0.2, 0.25) is 0 Å². The van der Waals surface area contributed by atoms with E-state index in [-0.39, 0.29) is 18.1 Å². The van der Waals surface area contributed by atoms with Gasteiger partial charge in [0.25, 0.3) is 0 Å². The zero-order valence-electron chi connectivity index (χ0n) is 10.8. The van der Waals surface area contributed by atoms with Crippen LogP contribution in [-0.2, 0) is 16.0 Å². The summed E-state index contributed by atoms with van der Waals surface area (Å²) in [5.74, 6) is -2.34. The zero-order chi connectivity index (χ0) is 14.3. The highest BCUT2D eigenvalue weighted by Crippen LogP contribution is 2.34. The van der Waals surface area contributed by atoms with Crippen LogP contribution < -0.4 is 5.32 Å². The van der Waals surface area contributed by atoms with E-state index < -0.39 is 23.8 Å². The molecular formula is C15H15NO4. The molecule has 1 aliphatic heterocycles. The number of hydrogen-bond acceptors (Lipinski definition) is 4. The Morgan fingerprint density at radius 2 is 1.90 bits per heavy atom. The van der Waals surface area contributed by atoms with Crippen LogP contribution in [0.1, 0.15) is 28.8 Å². The molecule has 1 fully saturated rings. The van der Waals surface area contributed by atoms with Crippen molar-refractivity contribution in [3.8, 4) is 0 Å². The summed E-state index contributed by atoms with van der Waals surface area (Å²) < 4.78 is 0. The van der Waals surface area contributed by atoms with Crippen LogP contribution >= 0.6 is 0 Å². The van der Waals surface area contributed by atoms with E-state index in [1.54, 1.807) is 12.1 Å². The Morgan fingerprint density at radius 3 is 2.65 bits per heavy atom. The van der Waals surface area contributed by atoms with Gasteiger partial charge in [-0.3, -0.25) is 19.7 Å². The van der Waals surface area contributed by atoms with E-state index in [0.717, 1.165) is 5.56 Å². The molecule has 1 saturated heterocycles. The molecule has 5 nitrogen and oxygen atoms in total. The average molecular weight is 273 g/mol. The number of rotatable bonds is 1. The molecule has 3 rings (SSSR count). The summed E-state index contributed by atoms with van der Waals surface area (Å²) in [6.45, 7) is 0. The molecule has 3 atom stereocenters. The smallest absolute Gasteiger partial charge is 0.230 e. The van der Waals surface area contributed by atoms with E-state index in [1.807, 2.05) is 12.1 Å². The van der Waals surface area contributed by atoms with Crippen molar-refractivity contribution in [2.75, 3.05) is 0 Å². The quantitative estimate of drug-likeness (QED) is 0.728. The van der Waals surface area contributed by atoms with Gasteiger partial charge in [0.05, 0.1) is 17.9 Å². The highest BCUT2D eigenvalue weighted by atomic mass is 16.3. The fraction of sp³-hybridized carbons (Fsp3) is 0.400. The maximum Gasteiger partial charge on any atom is 0.230 e. The first-order chi connectivity index (χ1) is 9.58. The molecule has 0 radical (unpaired) electrons. The number of benzene rings is 1. The number of hydrogen-bond donors (Lipinski definition) is 2. The normalized spacial score (nSPS) is 29.9. The number of amides is 2. The first kappa shape index (κ1) is 13.0. The SMILES string of the molecule is O=C1CCC(C2C(=O)c3ccccc3CC2O)C(=O)N1. The van der Waals surface area contributed by atoms with E-state index in [9.17, 15) is 19.5 Å². The molecule has 1 aromatic carbocycles. The number of aliphatic hydroxyl groups is 1. The van der Waals surface area contributed by atoms with Crippen molar-refractivity contribution in [1.82, 2.24) is 5.32 Å². The van der Waals surface area contributed by atoms with E-state index in [1.165, 1.54) is 0 Å². The molecular weight excluding hydrogens is 258 g/mol. The molecule has 3 unspecified atom stereocenters. The zero-order valence-corrected chi connectivity index (χ0v) is 10.8. The van der Waals surface area contributed by atoms with Gasteiger partial charge in [-0.25, -0.2) is 0 Å². The van der Waals surface area contributed by atoms with Crippen molar-refractivity contribution < 1.29 is 19.5 Å². The number of imide groups is 1. The minimum Gasteiger partial charge on any atom is -0.392 e. The molecule has 20 heavy (non-hydrogen) atoms. The molecule has 1 heterocycles. The van der Waals surface area contributed by atoms with Gasteiger partial charge in [-0.2, -0.15) is 0 Å². The number of Topliss-reactive ketones (excluding diaryl/α,β-unsaturated/α-hetero) is 1. The summed E-state index contributed by atoms with van der Waals surface area (Å²) in [4.78, 5) is 35.6. The topological polar surface area (TPSA) is 83.5 Å². The molecule has 0 bridgehead atoms. The van der Waals surface area contributed by atoms with E-state index >= 15 is 0 Å². The largest absolute Gasteiger partial charge is 0.392 e. The lowest BCUT2D eigenvalue weighted by Crippen LogP contribution is -2.50. The van der Waals surface area contributed by atoms with Crippen molar-refractivity contribution in [3.63, 3.8) is 0 Å². The molecule has 2 N–H and O–H groups in total. The number of nitrogens with one attached hydrogen (secondary N) is 1. The van der Waals surface area contributed by atoms with Crippen LogP contribution in [-0.4, -0.2) is 28.8 Å². The molecule has 0 saturated carbocycles. The maximum absolute atomic E-state index is 12.5. The first-order valence-electron chi connectivity index (χ1n) is 6.72. The summed E-state index contributed by atoms with van der Waals surface area (Å²) in [6, 6.07) is 7.14. The van der Waals surface area contributed by atoms with Gasteiger partial charge in [-0.1, -0.05) is 24.3 Å². The minimum absolute atomic E-state index is 0.200. The lowest BCUT2D eigenvalue weighted by atomic mass is 9.71. The van der Waals surface area contributed by atoms with E-state index in [0.29, 0.717) is 18.4 Å². The van der Waals surface area contributed by atoms with Gasteiger partial charge >= 0.3 is 0 Å². The second-order valence-electron chi connectivity index (χ2n) is 5.38. The third-order valence-corrected chi connectivity index (χ3v) is 4.14. The van der Waals surface area contributed by atoms with Gasteiger partial charge in [-0.15, -0.1) is 0 Å². The summed E-state index contributed by atoms with van der Waals surface area (Å²) in [5.41, 5.74) is 1.39. The van der Waals surface area contributed by atoms with Crippen molar-refractivity contribution >= 4 is 17.6 Å². The Bertz CT molecular complexity index is 595. The van der Waals surface area contributed by atoms with Crippen molar-refractivity contribution in [3.05, 3.63) is 35.4 Å². The average Bonchev–Trinajstić information content (AvgIpc) is 2.41. The Balaban J connectivity index is 1.93. The Hall–Kier alpha value is -2.01. The highest BCUT2D eigenvalue weighted by molar-refractivity contribution is 6.06. The van der Waals surface area contributed by atoms with Crippen molar-refractivity contribution in [1.29, 1.82) is 0 Å². The second kappa shape index (κ2) is 4.83. The van der Waals surface area contributed by atoms with Crippen LogP contribution in [0.4, 0.5) is 0 Å². The summed E-state index contributed by atoms with van der Waals surface area (Å²) in [6.07, 6.45) is 0.0282. The van der Waals surface area contributed by atoms with Gasteiger partial charge in [0.2, 0.25) is 11.8 Å². The minimum atomic E-state index is -0.874. The number of aliphatic hydroxyl groups excluding tert-OH is 1. The fourth-order valence-electron chi connectivity index (χ4n) is 3.15. The molecule has 5 heteroatoms. The van der Waals surface area contributed by atoms with Gasteiger partial charge in [0.15, 0.2) is 5.78 Å². The van der Waals surface area contributed by atoms with E-state index in [2.05, 4.69) is 5.32 Å². The van der Waals surface area contributed by atoms with Gasteiger partial charge in [0.1, 0.15) is 0 Å². The van der Waals surface area contributed by atoms with Crippen LogP contribution in [0.5, 0.6) is 0 Å². The van der Waals surface area contributed by atoms with Crippen LogP contribution in [0, 0.1) is 11.8 Å². The predicted molar refractivity (Wildman–Crippen MR) is 69.8 cm³/mol. The molecule has 104 valence electrons. The number of carbonyl (C=O) groups is 3. The summed E-state index contributed by atoms with van der Waals surface area (Å²) in [7, 11) is 0. The molecule has 1 aromatic rings. The van der Waals surface area contributed by atoms with Crippen LogP contribution in [0.25, 0.3) is 0 Å². The lowest BCUT2D eigenvalue weighted by molar-refractivity contribution is -0.138. The molecule has 1 aliphatic carbocycles. The first-order valence-corrected chi connectivity index (χ1v) is 6.72. The van der Waals surface area contributed by atoms with Crippen molar-refractivity contribution in [2.45, 2.75) is 25.4 Å². The van der Waals surface area contributed by atoms with Crippen LogP contribution in [0.3, 0.4) is 0 Å². The Morgan fingerprint density at radius 1 is 1.15 bits per heavy atom. The number of carbonyl (C=O) groups excluding carboxylic acids is 3. The van der Waals surface area contributed by atoms with Gasteiger partial charge in [0, 0.05) is 12.0 Å². The predicted octanol–water partition coefficient (Wildman–Crippen LogP) is 0.455. The number of fused-ring (bicyclic) bond motifs is 1. The van der Waals surface area contributed by atoms with Gasteiger partial charge in [-0.05, 0) is 18.4 Å². The summed E-state index contributed by atoms with van der Waals surface area (Å²) >= 11 is 0. The number of ketones is 1. The third-order valence-electron chi connectivity index (χ3n) is 4.14. The Kier molecular flexibility index (Phi) is 3.14. The monoisotopic (exact) mass is 273 g/mol. The second-order valence-corrected chi connectivity index (χ2v) is 5.38. The lowest BCUT2D eigenvalue weighted by Gasteiger charge is -2.34. The fourth-order valence-corrected chi connectivity index (χ4v) is 3.15. The van der Waals surface area contributed by atoms with Crippen molar-refractivity contribution in [2.24, 2.45) is 11.8 Å². The number of piperidine rings is 1. The molecule has 0 spiro atoms. The Labute approximate surface area is 116 Å². The highest BCUT2D eigenvalue weighted by Gasteiger charge is 2.44. The van der Waals surface area contributed by atoms with Crippen LogP contribution in [0.15, 0.2) is 24.3 Å². The summed E-state index contributed by atoms with van der Waals surface area (Å²) in [5, 5.41) is 12.5. The maximum atomic E-state index is 12.5. The standard InChI is InChI=1S/C15H15NO4/c17-11-7-8-3-1-2-4-9(8)14(19)13(11)10-5-6-12(18)16-15(10)20/h1-4,10-11,13,17H,5-7H2,(H,16,18,20).